The first-order valence-corrected chi connectivity index (χ1v) is 25.9. The maximum Gasteiger partial charge on any atom is 0.285 e. The molecule has 2 aromatic carbocycles. The summed E-state index contributed by atoms with van der Waals surface area (Å²) in [5.41, 5.74) is 10.0. The third kappa shape index (κ3) is 11.1. The maximum absolute atomic E-state index is 12.4. The van der Waals surface area contributed by atoms with E-state index in [1.165, 1.54) is 33.9 Å². The first-order chi connectivity index (χ1) is 36.5. The fourth-order valence-corrected chi connectivity index (χ4v) is 11.6. The zero-order valence-electron chi connectivity index (χ0n) is 42.2. The van der Waals surface area contributed by atoms with Crippen LogP contribution in [0, 0.1) is 42.4 Å². The molecular formula is C56H62ClN15O4. The summed E-state index contributed by atoms with van der Waals surface area (Å²) in [6, 6.07) is 22.6. The number of nitrogens with zero attached hydrogens (tertiary/aromatic N) is 15. The number of fused-ring (bicyclic) bond motifs is 4. The molecule has 0 saturated carbocycles. The van der Waals surface area contributed by atoms with Gasteiger partial charge in [0.15, 0.2) is 0 Å². The van der Waals surface area contributed by atoms with Gasteiger partial charge in [-0.15, -0.1) is 20.4 Å². The topological polar surface area (TPSA) is 227 Å². The lowest BCUT2D eigenvalue weighted by molar-refractivity contribution is -0.128. The number of anilines is 2. The van der Waals surface area contributed by atoms with Crippen molar-refractivity contribution in [3.05, 3.63) is 130 Å². The standard InChI is InChI=1S/C27H28N8O2.C25H27N7O.C3H3ClO.CH4/c1-3-24(36)35-13-12-33(14-19(35)10-11-28)26-21-15-34(23-9-8-18-6-4-5-7-20(18)23)16-22(21)29-25(30-26)27-32-31-17(2)37-27;1-16-29-30-25(33-16)23-27-21-15-32(22-9-8-18-6-2-3-7-19(18)22)14-20(21)24(28-23)31-12-4-5-17(13-31)10-11-26;1-2-3(4)5;/h3-7,19,23H,1,8-10,12-16H2,2H3;2-3,6-7,17,22H,4-5,8-10,12-15H2,1H3;2H,1H2;1H4/t19-,23?;17-,22?;;/m00../s1. The Labute approximate surface area is 447 Å². The quantitative estimate of drug-likeness (QED) is 0.0925. The molecule has 4 aliphatic heterocycles. The minimum Gasteiger partial charge on any atom is -0.418 e. The number of carbonyl (C=O) groups excluding carboxylic acids is 2. The molecule has 0 bridgehead atoms. The number of hydrogen-bond acceptors (Lipinski definition) is 18. The Morgan fingerprint density at radius 3 is 1.67 bits per heavy atom. The van der Waals surface area contributed by atoms with Crippen molar-refractivity contribution in [3.8, 4) is 35.6 Å². The number of rotatable bonds is 10. The molecule has 2 saturated heterocycles. The lowest BCUT2D eigenvalue weighted by atomic mass is 9.95. The van der Waals surface area contributed by atoms with Crippen LogP contribution in [0.4, 0.5) is 11.6 Å². The zero-order valence-corrected chi connectivity index (χ0v) is 43.0. The highest BCUT2D eigenvalue weighted by molar-refractivity contribution is 6.66. The molecule has 2 aliphatic carbocycles. The van der Waals surface area contributed by atoms with Gasteiger partial charge in [-0.1, -0.05) is 69.1 Å². The Bertz CT molecular complexity index is 3220. The smallest absolute Gasteiger partial charge is 0.285 e. The first-order valence-electron chi connectivity index (χ1n) is 25.5. The molecule has 4 atom stereocenters. The molecule has 6 aromatic rings. The van der Waals surface area contributed by atoms with Gasteiger partial charge >= 0.3 is 0 Å². The number of benzene rings is 2. The predicted molar refractivity (Wildman–Crippen MR) is 285 cm³/mol. The van der Waals surface area contributed by atoms with E-state index in [1.54, 1.807) is 18.7 Å². The Morgan fingerprint density at radius 1 is 0.684 bits per heavy atom. The molecule has 0 N–H and O–H groups in total. The Morgan fingerprint density at radius 2 is 1.20 bits per heavy atom. The minimum absolute atomic E-state index is 0. The molecule has 8 heterocycles. The first kappa shape index (κ1) is 53.1. The Balaban J connectivity index is 0.000000169. The largest absolute Gasteiger partial charge is 0.418 e. The Kier molecular flexibility index (Phi) is 16.4. The molecule has 392 valence electrons. The molecule has 12 rings (SSSR count). The number of nitriles is 2. The van der Waals surface area contributed by atoms with Gasteiger partial charge < -0.3 is 23.5 Å². The van der Waals surface area contributed by atoms with E-state index in [9.17, 15) is 20.1 Å². The highest BCUT2D eigenvalue weighted by Gasteiger charge is 2.39. The number of hydrogen-bond donors (Lipinski definition) is 0. The highest BCUT2D eigenvalue weighted by Crippen LogP contribution is 2.44. The van der Waals surface area contributed by atoms with Gasteiger partial charge in [0.05, 0.1) is 36.0 Å². The number of aromatic nitrogens is 8. The summed E-state index contributed by atoms with van der Waals surface area (Å²) < 4.78 is 11.4. The van der Waals surface area contributed by atoms with Gasteiger partial charge in [-0.05, 0) is 90.4 Å². The van der Waals surface area contributed by atoms with Crippen LogP contribution in [0.25, 0.3) is 23.4 Å². The van der Waals surface area contributed by atoms with Gasteiger partial charge in [0.1, 0.15) is 11.6 Å². The number of piperazine rings is 1. The maximum atomic E-state index is 12.4. The van der Waals surface area contributed by atoms with Crippen molar-refractivity contribution >= 4 is 34.4 Å². The molecule has 4 aromatic heterocycles. The molecule has 6 aliphatic rings. The number of amides is 1. The normalized spacial score (nSPS) is 20.3. The van der Waals surface area contributed by atoms with Crippen molar-refractivity contribution in [2.24, 2.45) is 5.92 Å². The second-order valence-corrected chi connectivity index (χ2v) is 20.1. The van der Waals surface area contributed by atoms with Crippen LogP contribution < -0.4 is 9.80 Å². The summed E-state index contributed by atoms with van der Waals surface area (Å²) in [5.74, 6) is 4.54. The molecule has 0 radical (unpaired) electrons. The molecule has 2 unspecified atom stereocenters. The zero-order chi connectivity index (χ0) is 52.2. The number of carbonyl (C=O) groups is 2. The van der Waals surface area contributed by atoms with E-state index in [-0.39, 0.29) is 25.8 Å². The summed E-state index contributed by atoms with van der Waals surface area (Å²) in [4.78, 5) is 52.8. The number of allylic oxidation sites excluding steroid dienone is 1. The van der Waals surface area contributed by atoms with Crippen molar-refractivity contribution in [2.75, 3.05) is 42.5 Å². The second-order valence-electron chi connectivity index (χ2n) is 19.7. The van der Waals surface area contributed by atoms with E-state index in [4.69, 9.17) is 40.4 Å². The lowest BCUT2D eigenvalue weighted by Gasteiger charge is -2.41. The van der Waals surface area contributed by atoms with Crippen molar-refractivity contribution in [3.63, 3.8) is 0 Å². The van der Waals surface area contributed by atoms with Gasteiger partial charge in [0.2, 0.25) is 34.6 Å². The van der Waals surface area contributed by atoms with E-state index in [1.807, 2.05) is 0 Å². The van der Waals surface area contributed by atoms with Crippen LogP contribution in [0.1, 0.15) is 115 Å². The fourth-order valence-electron chi connectivity index (χ4n) is 11.6. The van der Waals surface area contributed by atoms with Crippen LogP contribution in [-0.2, 0) is 48.6 Å². The molecule has 20 heteroatoms. The summed E-state index contributed by atoms with van der Waals surface area (Å²) in [7, 11) is 0. The third-order valence-electron chi connectivity index (χ3n) is 15.0. The summed E-state index contributed by atoms with van der Waals surface area (Å²) >= 11 is 4.71. The van der Waals surface area contributed by atoms with Crippen LogP contribution >= 0.6 is 11.6 Å². The predicted octanol–water partition coefficient (Wildman–Crippen LogP) is 8.50. The van der Waals surface area contributed by atoms with Gasteiger partial charge in [-0.2, -0.15) is 10.5 Å². The summed E-state index contributed by atoms with van der Waals surface area (Å²) in [5, 5.41) is 34.5. The van der Waals surface area contributed by atoms with Crippen LogP contribution in [0.2, 0.25) is 0 Å². The summed E-state index contributed by atoms with van der Waals surface area (Å²) in [6.45, 7) is 16.7. The summed E-state index contributed by atoms with van der Waals surface area (Å²) in [6.07, 6.45) is 9.77. The van der Waals surface area contributed by atoms with Crippen LogP contribution in [0.3, 0.4) is 0 Å². The van der Waals surface area contributed by atoms with E-state index in [0.29, 0.717) is 85.8 Å². The second kappa shape index (κ2) is 23.5. The van der Waals surface area contributed by atoms with Crippen LogP contribution in [0.15, 0.2) is 82.7 Å². The minimum atomic E-state index is -0.509. The van der Waals surface area contributed by atoms with Crippen molar-refractivity contribution in [2.45, 2.75) is 117 Å². The monoisotopic (exact) mass is 1040 g/mol. The average Bonchev–Trinajstić information content (AvgIpc) is 4.32. The SMILES string of the molecule is C.C=CC(=O)Cl.C=CC(=O)N1CCN(c2nc(-c3nnc(C)o3)nc3c2CN(C2CCc4ccccc42)C3)C[C@@H]1CC#N.Cc1nnc(-c2nc3c(c(N4CCC[C@@H](CC#N)C4)n2)CN(C2CCc4ccccc42)C3)o1. The third-order valence-corrected chi connectivity index (χ3v) is 15.2. The van der Waals surface area contributed by atoms with Gasteiger partial charge in [-0.3, -0.25) is 19.4 Å². The number of halogens is 1. The molecule has 0 spiro atoms. The molecule has 19 nitrogen and oxygen atoms in total. The van der Waals surface area contributed by atoms with E-state index in [2.05, 4.69) is 114 Å². The van der Waals surface area contributed by atoms with Gasteiger partial charge in [-0.25, -0.2) is 19.9 Å². The highest BCUT2D eigenvalue weighted by atomic mass is 35.5. The molecule has 76 heavy (non-hydrogen) atoms. The molecule has 1 amide bonds. The van der Waals surface area contributed by atoms with Crippen LogP contribution in [-0.4, -0.2) is 105 Å². The van der Waals surface area contributed by atoms with Crippen LogP contribution in [0.5, 0.6) is 0 Å². The molecular weight excluding hydrogens is 982 g/mol. The van der Waals surface area contributed by atoms with Gasteiger partial charge in [0, 0.05) is 102 Å². The number of aryl methyl sites for hydroxylation is 4. The van der Waals surface area contributed by atoms with E-state index in [0.717, 1.165) is 106 Å². The van der Waals surface area contributed by atoms with Crippen molar-refractivity contribution in [1.82, 2.24) is 55.0 Å². The average molecular weight is 1040 g/mol. The van der Waals surface area contributed by atoms with E-state index >= 15 is 0 Å². The van der Waals surface area contributed by atoms with Gasteiger partial charge in [0.25, 0.3) is 11.8 Å². The van der Waals surface area contributed by atoms with E-state index < -0.39 is 5.24 Å². The fraction of sp³-hybridized carbons (Fsp3) is 0.429. The van der Waals surface area contributed by atoms with Crippen molar-refractivity contribution < 1.29 is 18.4 Å². The van der Waals surface area contributed by atoms with Crippen molar-refractivity contribution in [1.29, 1.82) is 10.5 Å². The number of piperidine rings is 1. The Hall–Kier alpha value is -7.71. The lowest BCUT2D eigenvalue weighted by Crippen LogP contribution is -2.55. The molecule has 2 fully saturated rings.